The Morgan fingerprint density at radius 2 is 2.16 bits per heavy atom. The minimum absolute atomic E-state index is 0.0245. The fraction of sp³-hybridized carbons (Fsp3) is 0.250. The average Bonchev–Trinajstić information content (AvgIpc) is 2.42. The molecular formula is C12H14N2O4S. The van der Waals surface area contributed by atoms with Crippen molar-refractivity contribution < 1.29 is 19.7 Å². The van der Waals surface area contributed by atoms with Gasteiger partial charge in [-0.25, -0.2) is 4.79 Å². The van der Waals surface area contributed by atoms with Gasteiger partial charge in [-0.3, -0.25) is 5.41 Å². The van der Waals surface area contributed by atoms with Gasteiger partial charge >= 0.3 is 6.09 Å². The van der Waals surface area contributed by atoms with Crippen molar-refractivity contribution in [3.8, 4) is 5.75 Å². The second kappa shape index (κ2) is 6.91. The van der Waals surface area contributed by atoms with Crippen LogP contribution in [0.4, 0.5) is 4.79 Å². The summed E-state index contributed by atoms with van der Waals surface area (Å²) in [7, 11) is 1.20. The Balaban J connectivity index is 3.14. The zero-order chi connectivity index (χ0) is 14.4. The molecule has 0 aliphatic heterocycles. The molecule has 0 atom stereocenters. The molecule has 0 saturated heterocycles. The van der Waals surface area contributed by atoms with Gasteiger partial charge in [0.15, 0.2) is 0 Å². The molecule has 0 aliphatic rings. The molecule has 1 aromatic carbocycles. The van der Waals surface area contributed by atoms with Crippen molar-refractivity contribution in [3.05, 3.63) is 29.3 Å². The largest absolute Gasteiger partial charge is 0.508 e. The van der Waals surface area contributed by atoms with Crippen LogP contribution in [0.15, 0.2) is 23.2 Å². The standard InChI is InChI=1S/C12H14N2O4S/c1-18-12(17)14-11(19-2)10(13)8-3-7(6-15)4-9(16)5-8/h3-5,13,15-16H,6H2,1-2H3/b13-10?,14-11-. The van der Waals surface area contributed by atoms with E-state index in [4.69, 9.17) is 10.5 Å². The van der Waals surface area contributed by atoms with E-state index < -0.39 is 6.09 Å². The fourth-order valence-electron chi connectivity index (χ4n) is 1.37. The summed E-state index contributed by atoms with van der Waals surface area (Å²) in [6, 6.07) is 4.31. The number of nitrogens with one attached hydrogen (secondary N) is 1. The van der Waals surface area contributed by atoms with Crippen LogP contribution in [0.1, 0.15) is 11.1 Å². The minimum atomic E-state index is -0.795. The van der Waals surface area contributed by atoms with Crippen molar-refractivity contribution in [1.29, 1.82) is 5.41 Å². The van der Waals surface area contributed by atoms with Crippen LogP contribution in [-0.4, -0.2) is 40.4 Å². The van der Waals surface area contributed by atoms with Crippen LogP contribution in [-0.2, 0) is 11.3 Å². The van der Waals surface area contributed by atoms with E-state index in [9.17, 15) is 9.90 Å². The van der Waals surface area contributed by atoms with Gasteiger partial charge in [0, 0.05) is 5.56 Å². The molecule has 1 aromatic rings. The van der Waals surface area contributed by atoms with Gasteiger partial charge in [-0.15, -0.1) is 11.8 Å². The maximum Gasteiger partial charge on any atom is 0.434 e. The molecule has 0 aliphatic carbocycles. The number of rotatable bonds is 3. The number of ether oxygens (including phenoxy) is 1. The zero-order valence-electron chi connectivity index (χ0n) is 10.5. The summed E-state index contributed by atoms with van der Waals surface area (Å²) in [6.45, 7) is -0.253. The first-order chi connectivity index (χ1) is 9.01. The monoisotopic (exact) mass is 282 g/mol. The van der Waals surface area contributed by atoms with Crippen LogP contribution in [0.3, 0.4) is 0 Å². The van der Waals surface area contributed by atoms with Crippen molar-refractivity contribution in [2.75, 3.05) is 13.4 Å². The quantitative estimate of drug-likeness (QED) is 0.579. The van der Waals surface area contributed by atoms with Gasteiger partial charge in [-0.1, -0.05) is 0 Å². The van der Waals surface area contributed by atoms with Crippen molar-refractivity contribution in [2.45, 2.75) is 6.61 Å². The molecule has 0 spiro atoms. The van der Waals surface area contributed by atoms with E-state index in [1.165, 1.54) is 19.2 Å². The summed E-state index contributed by atoms with van der Waals surface area (Å²) in [5, 5.41) is 26.7. The maximum absolute atomic E-state index is 11.1. The number of amides is 1. The van der Waals surface area contributed by atoms with Crippen LogP contribution >= 0.6 is 11.8 Å². The Morgan fingerprint density at radius 1 is 1.47 bits per heavy atom. The van der Waals surface area contributed by atoms with Gasteiger partial charge in [0.05, 0.1) is 19.4 Å². The summed E-state index contributed by atoms with van der Waals surface area (Å²) < 4.78 is 4.41. The van der Waals surface area contributed by atoms with Crippen LogP contribution in [0.2, 0.25) is 0 Å². The van der Waals surface area contributed by atoms with Crippen molar-refractivity contribution in [2.24, 2.45) is 4.99 Å². The average molecular weight is 282 g/mol. The molecular weight excluding hydrogens is 268 g/mol. The number of aliphatic hydroxyl groups excluding tert-OH is 1. The third-order valence-electron chi connectivity index (χ3n) is 2.22. The van der Waals surface area contributed by atoms with E-state index in [1.807, 2.05) is 0 Å². The number of benzene rings is 1. The molecule has 0 bridgehead atoms. The molecule has 0 fully saturated rings. The predicted octanol–water partition coefficient (Wildman–Crippen LogP) is 1.78. The number of phenols is 1. The van der Waals surface area contributed by atoms with Gasteiger partial charge in [0.25, 0.3) is 0 Å². The summed E-state index contributed by atoms with van der Waals surface area (Å²) in [6.07, 6.45) is 0.878. The van der Waals surface area contributed by atoms with E-state index >= 15 is 0 Å². The number of thioether (sulfide) groups is 1. The molecule has 0 aromatic heterocycles. The number of nitrogens with zero attached hydrogens (tertiary/aromatic N) is 1. The van der Waals surface area contributed by atoms with Gasteiger partial charge in [0.2, 0.25) is 0 Å². The Kier molecular flexibility index (Phi) is 5.53. The highest BCUT2D eigenvalue weighted by atomic mass is 32.2. The topological polar surface area (TPSA) is 103 Å². The normalized spacial score (nSPS) is 11.2. The van der Waals surface area contributed by atoms with Crippen molar-refractivity contribution in [1.82, 2.24) is 0 Å². The lowest BCUT2D eigenvalue weighted by Gasteiger charge is -2.07. The highest BCUT2D eigenvalue weighted by molar-refractivity contribution is 8.15. The minimum Gasteiger partial charge on any atom is -0.508 e. The maximum atomic E-state index is 11.1. The Hall–Kier alpha value is -1.86. The van der Waals surface area contributed by atoms with E-state index in [0.29, 0.717) is 11.1 Å². The molecule has 0 unspecified atom stereocenters. The molecule has 6 nitrogen and oxygen atoms in total. The van der Waals surface area contributed by atoms with E-state index in [2.05, 4.69) is 9.73 Å². The smallest absolute Gasteiger partial charge is 0.434 e. The molecule has 1 amide bonds. The lowest BCUT2D eigenvalue weighted by molar-refractivity contribution is 0.183. The van der Waals surface area contributed by atoms with E-state index in [1.54, 1.807) is 12.3 Å². The number of carbonyl (C=O) groups excluding carboxylic acids is 1. The van der Waals surface area contributed by atoms with E-state index in [-0.39, 0.29) is 23.1 Å². The van der Waals surface area contributed by atoms with Gasteiger partial charge in [-0.05, 0) is 30.0 Å². The first kappa shape index (κ1) is 15.2. The van der Waals surface area contributed by atoms with Gasteiger partial charge in [-0.2, -0.15) is 4.99 Å². The number of carbonyl (C=O) groups is 1. The predicted molar refractivity (Wildman–Crippen MR) is 74.2 cm³/mol. The molecule has 1 rings (SSSR count). The highest BCUT2D eigenvalue weighted by Crippen LogP contribution is 2.18. The van der Waals surface area contributed by atoms with E-state index in [0.717, 1.165) is 11.8 Å². The van der Waals surface area contributed by atoms with Crippen LogP contribution < -0.4 is 0 Å². The third-order valence-corrected chi connectivity index (χ3v) is 2.91. The number of aromatic hydroxyl groups is 1. The number of hydrogen-bond donors (Lipinski definition) is 3. The number of aliphatic hydroxyl groups is 1. The summed E-state index contributed by atoms with van der Waals surface area (Å²) in [4.78, 5) is 14.7. The molecule has 3 N–H and O–H groups in total. The Bertz CT molecular complexity index is 528. The second-order valence-electron chi connectivity index (χ2n) is 3.51. The lowest BCUT2D eigenvalue weighted by Crippen LogP contribution is -2.13. The SMILES string of the molecule is COC(=O)/N=C(\SC)C(=N)c1cc(O)cc(CO)c1. The first-order valence-corrected chi connectivity index (χ1v) is 6.48. The van der Waals surface area contributed by atoms with Crippen LogP contribution in [0.5, 0.6) is 5.75 Å². The summed E-state index contributed by atoms with van der Waals surface area (Å²) >= 11 is 1.12. The number of methoxy groups -OCH3 is 1. The second-order valence-corrected chi connectivity index (χ2v) is 4.31. The molecule has 102 valence electrons. The number of phenolic OH excluding ortho intramolecular Hbond substituents is 1. The van der Waals surface area contributed by atoms with Gasteiger partial charge in [0.1, 0.15) is 10.8 Å². The highest BCUT2D eigenvalue weighted by Gasteiger charge is 2.13. The summed E-state index contributed by atoms with van der Waals surface area (Å²) in [5.74, 6) is -0.0650. The van der Waals surface area contributed by atoms with Crippen LogP contribution in [0.25, 0.3) is 0 Å². The first-order valence-electron chi connectivity index (χ1n) is 5.25. The van der Waals surface area contributed by atoms with Crippen molar-refractivity contribution >= 4 is 28.6 Å². The van der Waals surface area contributed by atoms with Gasteiger partial charge < -0.3 is 14.9 Å². The number of aliphatic imine (C=N–C) groups is 1. The molecule has 7 heteroatoms. The van der Waals surface area contributed by atoms with Crippen molar-refractivity contribution in [3.63, 3.8) is 0 Å². The van der Waals surface area contributed by atoms with Crippen LogP contribution in [0, 0.1) is 5.41 Å². The lowest BCUT2D eigenvalue weighted by atomic mass is 10.1. The third kappa shape index (κ3) is 4.08. The fourth-order valence-corrected chi connectivity index (χ4v) is 1.85. The number of hydrogen-bond acceptors (Lipinski definition) is 6. The molecule has 0 heterocycles. The molecule has 0 saturated carbocycles. The Labute approximate surface area is 114 Å². The molecule has 19 heavy (non-hydrogen) atoms. The Morgan fingerprint density at radius 3 is 2.68 bits per heavy atom. The summed E-state index contributed by atoms with van der Waals surface area (Å²) in [5.41, 5.74) is 0.808. The zero-order valence-corrected chi connectivity index (χ0v) is 11.3. The molecule has 0 radical (unpaired) electrons.